The topological polar surface area (TPSA) is 0 Å². The summed E-state index contributed by atoms with van der Waals surface area (Å²) >= 11 is 0. The van der Waals surface area contributed by atoms with Gasteiger partial charge in [-0.15, -0.1) is 0 Å². The highest BCUT2D eigenvalue weighted by molar-refractivity contribution is 4.97. The summed E-state index contributed by atoms with van der Waals surface area (Å²) in [6, 6.07) is 0. The van der Waals surface area contributed by atoms with Gasteiger partial charge in [0.05, 0.1) is 0 Å². The standard InChI is InChI=1S/C10H18/c1-8(2)10-6-4-9(3)5-7-10/h4,6,8-10H,5,7H2,1-3H3/t9?,10-/m1/s1. The Kier molecular flexibility index (Phi) is 2.53. The van der Waals surface area contributed by atoms with Gasteiger partial charge in [-0.25, -0.2) is 0 Å². The molecule has 1 rings (SSSR count). The van der Waals surface area contributed by atoms with E-state index in [1.54, 1.807) is 0 Å². The lowest BCUT2D eigenvalue weighted by Crippen LogP contribution is -2.11. The summed E-state index contributed by atoms with van der Waals surface area (Å²) in [5.74, 6) is 2.52. The Balaban J connectivity index is 2.45. The highest BCUT2D eigenvalue weighted by atomic mass is 14.2. The zero-order valence-electron chi connectivity index (χ0n) is 7.30. The van der Waals surface area contributed by atoms with Crippen LogP contribution in [-0.2, 0) is 0 Å². The maximum absolute atomic E-state index is 2.40. The molecule has 0 nitrogen and oxygen atoms in total. The molecule has 58 valence electrons. The van der Waals surface area contributed by atoms with E-state index in [-0.39, 0.29) is 0 Å². The first-order valence-electron chi connectivity index (χ1n) is 4.38. The minimum absolute atomic E-state index is 0.829. The van der Waals surface area contributed by atoms with Crippen molar-refractivity contribution in [2.45, 2.75) is 33.6 Å². The lowest BCUT2D eigenvalue weighted by Gasteiger charge is -2.22. The third-order valence-corrected chi connectivity index (χ3v) is 2.50. The predicted octanol–water partition coefficient (Wildman–Crippen LogP) is 3.24. The van der Waals surface area contributed by atoms with Gasteiger partial charge < -0.3 is 0 Å². The molecule has 1 unspecified atom stereocenters. The number of rotatable bonds is 1. The summed E-state index contributed by atoms with van der Waals surface area (Å²) in [4.78, 5) is 0. The van der Waals surface area contributed by atoms with Crippen LogP contribution in [0.3, 0.4) is 0 Å². The van der Waals surface area contributed by atoms with E-state index in [2.05, 4.69) is 32.9 Å². The van der Waals surface area contributed by atoms with Crippen molar-refractivity contribution in [2.24, 2.45) is 17.8 Å². The summed E-state index contributed by atoms with van der Waals surface area (Å²) in [6.45, 7) is 6.92. The molecule has 0 heteroatoms. The maximum Gasteiger partial charge on any atom is -0.0210 e. The number of allylic oxidation sites excluding steroid dienone is 2. The lowest BCUT2D eigenvalue weighted by molar-refractivity contribution is 0.383. The van der Waals surface area contributed by atoms with Gasteiger partial charge in [0.2, 0.25) is 0 Å². The second-order valence-electron chi connectivity index (χ2n) is 3.85. The van der Waals surface area contributed by atoms with Gasteiger partial charge in [0.25, 0.3) is 0 Å². The van der Waals surface area contributed by atoms with Crippen LogP contribution in [0.15, 0.2) is 12.2 Å². The molecule has 2 atom stereocenters. The molecule has 0 aromatic heterocycles. The summed E-state index contributed by atoms with van der Waals surface area (Å²) in [5, 5.41) is 0. The van der Waals surface area contributed by atoms with Crippen LogP contribution in [-0.4, -0.2) is 0 Å². The fraction of sp³-hybridized carbons (Fsp3) is 0.800. The molecule has 0 amide bonds. The van der Waals surface area contributed by atoms with Crippen molar-refractivity contribution in [3.63, 3.8) is 0 Å². The second kappa shape index (κ2) is 3.23. The molecule has 1 aliphatic carbocycles. The monoisotopic (exact) mass is 138 g/mol. The molecular weight excluding hydrogens is 120 g/mol. The van der Waals surface area contributed by atoms with Crippen molar-refractivity contribution >= 4 is 0 Å². The van der Waals surface area contributed by atoms with Gasteiger partial charge in [-0.3, -0.25) is 0 Å². The average Bonchev–Trinajstić information content (AvgIpc) is 1.88. The van der Waals surface area contributed by atoms with Gasteiger partial charge in [0.15, 0.2) is 0 Å². The van der Waals surface area contributed by atoms with Crippen LogP contribution in [0.2, 0.25) is 0 Å². The van der Waals surface area contributed by atoms with E-state index < -0.39 is 0 Å². The molecule has 10 heavy (non-hydrogen) atoms. The van der Waals surface area contributed by atoms with Crippen LogP contribution < -0.4 is 0 Å². The number of hydrogen-bond donors (Lipinski definition) is 0. The summed E-state index contributed by atoms with van der Waals surface area (Å²) in [5.41, 5.74) is 0. The number of hydrogen-bond acceptors (Lipinski definition) is 0. The Morgan fingerprint density at radius 2 is 1.90 bits per heavy atom. The highest BCUT2D eigenvalue weighted by Crippen LogP contribution is 2.26. The zero-order valence-corrected chi connectivity index (χ0v) is 7.30. The third-order valence-electron chi connectivity index (χ3n) is 2.50. The average molecular weight is 138 g/mol. The molecule has 0 N–H and O–H groups in total. The molecule has 0 aromatic carbocycles. The van der Waals surface area contributed by atoms with E-state index >= 15 is 0 Å². The predicted molar refractivity (Wildman–Crippen MR) is 45.9 cm³/mol. The Labute approximate surface area is 64.3 Å². The van der Waals surface area contributed by atoms with E-state index in [4.69, 9.17) is 0 Å². The van der Waals surface area contributed by atoms with Crippen LogP contribution in [0, 0.1) is 17.8 Å². The van der Waals surface area contributed by atoms with Crippen molar-refractivity contribution in [3.05, 3.63) is 12.2 Å². The molecule has 1 aliphatic rings. The fourth-order valence-corrected chi connectivity index (χ4v) is 1.54. The SMILES string of the molecule is CC1C=C[C@@H](C(C)C)CC1. The van der Waals surface area contributed by atoms with Crippen LogP contribution in [0.4, 0.5) is 0 Å². The molecule has 0 saturated heterocycles. The largest absolute Gasteiger partial charge is 0.0854 e. The molecule has 0 aromatic rings. The molecule has 0 aliphatic heterocycles. The van der Waals surface area contributed by atoms with Crippen molar-refractivity contribution in [1.29, 1.82) is 0 Å². The van der Waals surface area contributed by atoms with Gasteiger partial charge in [0.1, 0.15) is 0 Å². The Morgan fingerprint density at radius 1 is 1.20 bits per heavy atom. The molecule has 0 spiro atoms. The lowest BCUT2D eigenvalue weighted by atomic mass is 9.83. The van der Waals surface area contributed by atoms with Gasteiger partial charge >= 0.3 is 0 Å². The first kappa shape index (κ1) is 7.84. The zero-order chi connectivity index (χ0) is 7.56. The minimum Gasteiger partial charge on any atom is -0.0854 e. The fourth-order valence-electron chi connectivity index (χ4n) is 1.54. The smallest absolute Gasteiger partial charge is 0.0210 e. The van der Waals surface area contributed by atoms with E-state index in [0.29, 0.717) is 0 Å². The van der Waals surface area contributed by atoms with Crippen LogP contribution in [0.1, 0.15) is 33.6 Å². The van der Waals surface area contributed by atoms with Gasteiger partial charge in [-0.05, 0) is 30.6 Å². The highest BCUT2D eigenvalue weighted by Gasteiger charge is 2.14. The van der Waals surface area contributed by atoms with Crippen LogP contribution in [0.25, 0.3) is 0 Å². The van der Waals surface area contributed by atoms with Crippen molar-refractivity contribution in [2.75, 3.05) is 0 Å². The summed E-state index contributed by atoms with van der Waals surface area (Å²) in [6.07, 6.45) is 7.56. The summed E-state index contributed by atoms with van der Waals surface area (Å²) in [7, 11) is 0. The van der Waals surface area contributed by atoms with E-state index in [1.165, 1.54) is 12.8 Å². The van der Waals surface area contributed by atoms with Gasteiger partial charge in [-0.1, -0.05) is 32.9 Å². The maximum atomic E-state index is 2.40. The summed E-state index contributed by atoms with van der Waals surface area (Å²) < 4.78 is 0. The Bertz CT molecular complexity index is 122. The third kappa shape index (κ3) is 1.86. The van der Waals surface area contributed by atoms with Crippen LogP contribution >= 0.6 is 0 Å². The van der Waals surface area contributed by atoms with Crippen molar-refractivity contribution in [3.8, 4) is 0 Å². The van der Waals surface area contributed by atoms with Crippen LogP contribution in [0.5, 0.6) is 0 Å². The Hall–Kier alpha value is -0.260. The van der Waals surface area contributed by atoms with E-state index in [0.717, 1.165) is 17.8 Å². The van der Waals surface area contributed by atoms with Crippen molar-refractivity contribution < 1.29 is 0 Å². The second-order valence-corrected chi connectivity index (χ2v) is 3.85. The first-order chi connectivity index (χ1) is 4.70. The van der Waals surface area contributed by atoms with E-state index in [9.17, 15) is 0 Å². The Morgan fingerprint density at radius 3 is 2.30 bits per heavy atom. The van der Waals surface area contributed by atoms with Gasteiger partial charge in [-0.2, -0.15) is 0 Å². The molecule has 0 bridgehead atoms. The first-order valence-corrected chi connectivity index (χ1v) is 4.38. The molecule has 0 fully saturated rings. The minimum atomic E-state index is 0.829. The molecule has 0 heterocycles. The molecule has 0 saturated carbocycles. The van der Waals surface area contributed by atoms with E-state index in [1.807, 2.05) is 0 Å². The van der Waals surface area contributed by atoms with Gasteiger partial charge in [0, 0.05) is 0 Å². The normalized spacial score (nSPS) is 33.2. The quantitative estimate of drug-likeness (QED) is 0.488. The molecule has 0 radical (unpaired) electrons. The van der Waals surface area contributed by atoms with Crippen molar-refractivity contribution in [1.82, 2.24) is 0 Å². The molecular formula is C10H18.